The Morgan fingerprint density at radius 1 is 1.10 bits per heavy atom. The fourth-order valence-electron chi connectivity index (χ4n) is 4.67. The highest BCUT2D eigenvalue weighted by Crippen LogP contribution is 2.53. The predicted octanol–water partition coefficient (Wildman–Crippen LogP) is 5.32. The number of anilines is 2. The number of aromatic nitrogens is 6. The summed E-state index contributed by atoms with van der Waals surface area (Å²) in [6, 6.07) is 1.85. The standard InChI is InChI=1S/C26H22ClF3N8O/c1-14(15-6-32-25(33-7-15)37-12-26(13-37)4-5-26)38-11-16(8-34-38)35-24(39)20-10-31-9-19(36-20)21-17(23(29)30)2-3-18(27)22(21)28/h2-3,6-11,14,23H,4-5,12-13H2,1H3,(H,35,39)/t14-/m1/s1. The SMILES string of the molecule is C[C@H](c1cnc(N2CC3(CC3)C2)nc1)n1cc(NC(=O)c2cncc(-c3c(C(F)F)ccc(Cl)c3F)n2)cn1. The molecule has 13 heteroatoms. The molecule has 3 aromatic heterocycles. The lowest BCUT2D eigenvalue weighted by molar-refractivity contribution is 0.102. The Morgan fingerprint density at radius 3 is 2.54 bits per heavy atom. The van der Waals surface area contributed by atoms with Crippen LogP contribution in [0, 0.1) is 11.2 Å². The number of halogens is 4. The first-order chi connectivity index (χ1) is 18.7. The summed E-state index contributed by atoms with van der Waals surface area (Å²) in [5.41, 5.74) is 0.182. The van der Waals surface area contributed by atoms with Gasteiger partial charge >= 0.3 is 0 Å². The lowest BCUT2D eigenvalue weighted by atomic mass is 9.98. The molecule has 9 nitrogen and oxygen atoms in total. The molecule has 1 saturated carbocycles. The van der Waals surface area contributed by atoms with Gasteiger partial charge in [-0.15, -0.1) is 0 Å². The van der Waals surface area contributed by atoms with Crippen LogP contribution in [-0.2, 0) is 0 Å². The van der Waals surface area contributed by atoms with Crippen molar-refractivity contribution >= 4 is 29.1 Å². The maximum absolute atomic E-state index is 14.7. The fourth-order valence-corrected chi connectivity index (χ4v) is 4.83. The van der Waals surface area contributed by atoms with Crippen molar-refractivity contribution in [2.24, 2.45) is 5.41 Å². The second kappa shape index (κ2) is 9.60. The minimum Gasteiger partial charge on any atom is -0.340 e. The van der Waals surface area contributed by atoms with Crippen LogP contribution in [-0.4, -0.2) is 48.7 Å². The average molecular weight is 555 g/mol. The molecular weight excluding hydrogens is 533 g/mol. The van der Waals surface area contributed by atoms with Crippen LogP contribution in [0.25, 0.3) is 11.3 Å². The summed E-state index contributed by atoms with van der Waals surface area (Å²) >= 11 is 5.80. The number of hydrogen-bond donors (Lipinski definition) is 1. The number of nitrogens with one attached hydrogen (secondary N) is 1. The molecule has 1 aromatic carbocycles. The van der Waals surface area contributed by atoms with E-state index in [2.05, 4.69) is 35.3 Å². The molecule has 1 amide bonds. The largest absolute Gasteiger partial charge is 0.340 e. The maximum Gasteiger partial charge on any atom is 0.275 e. The topological polar surface area (TPSA) is 102 Å². The number of carbonyl (C=O) groups is 1. The number of benzene rings is 1. The van der Waals surface area contributed by atoms with E-state index in [1.165, 1.54) is 19.0 Å². The van der Waals surface area contributed by atoms with Gasteiger partial charge < -0.3 is 10.2 Å². The molecule has 2 fully saturated rings. The van der Waals surface area contributed by atoms with Crippen LogP contribution in [0.15, 0.2) is 49.3 Å². The van der Waals surface area contributed by atoms with Crippen LogP contribution in [0.5, 0.6) is 0 Å². The Morgan fingerprint density at radius 2 is 1.85 bits per heavy atom. The van der Waals surface area contributed by atoms with Crippen LogP contribution < -0.4 is 10.2 Å². The van der Waals surface area contributed by atoms with Crippen molar-refractivity contribution in [3.63, 3.8) is 0 Å². The van der Waals surface area contributed by atoms with E-state index in [-0.39, 0.29) is 22.5 Å². The molecule has 0 unspecified atom stereocenters. The van der Waals surface area contributed by atoms with E-state index in [1.54, 1.807) is 23.3 Å². The van der Waals surface area contributed by atoms with Crippen molar-refractivity contribution in [1.29, 1.82) is 0 Å². The molecule has 2 aliphatic rings. The first-order valence-electron chi connectivity index (χ1n) is 12.2. The van der Waals surface area contributed by atoms with Gasteiger partial charge in [0.15, 0.2) is 5.82 Å². The molecule has 39 heavy (non-hydrogen) atoms. The summed E-state index contributed by atoms with van der Waals surface area (Å²) in [4.78, 5) is 32.0. The Labute approximate surface area is 226 Å². The summed E-state index contributed by atoms with van der Waals surface area (Å²) in [6.07, 6.45) is 8.47. The molecule has 4 heterocycles. The van der Waals surface area contributed by atoms with Gasteiger partial charge in [0.05, 0.1) is 41.0 Å². The third-order valence-electron chi connectivity index (χ3n) is 7.17. The first-order valence-corrected chi connectivity index (χ1v) is 12.6. The summed E-state index contributed by atoms with van der Waals surface area (Å²) in [5, 5.41) is 6.62. The van der Waals surface area contributed by atoms with Gasteiger partial charge in [-0.05, 0) is 25.8 Å². The number of amides is 1. The minimum atomic E-state index is -2.98. The van der Waals surface area contributed by atoms with E-state index in [4.69, 9.17) is 11.6 Å². The van der Waals surface area contributed by atoms with Crippen molar-refractivity contribution < 1.29 is 18.0 Å². The van der Waals surface area contributed by atoms with Gasteiger partial charge in [0.25, 0.3) is 12.3 Å². The minimum absolute atomic E-state index is 0.198. The Bertz CT molecular complexity index is 1550. The quantitative estimate of drug-likeness (QED) is 0.330. The second-order valence-corrected chi connectivity index (χ2v) is 10.3. The summed E-state index contributed by atoms with van der Waals surface area (Å²) in [5.74, 6) is -1.02. The third-order valence-corrected chi connectivity index (χ3v) is 7.47. The molecule has 1 N–H and O–H groups in total. The lowest BCUT2D eigenvalue weighted by Crippen LogP contribution is -2.49. The van der Waals surface area contributed by atoms with Crippen LogP contribution >= 0.6 is 11.6 Å². The van der Waals surface area contributed by atoms with Gasteiger partial charge in [-0.2, -0.15) is 5.10 Å². The van der Waals surface area contributed by atoms with Gasteiger partial charge in [-0.1, -0.05) is 17.7 Å². The molecule has 0 bridgehead atoms. The molecule has 1 saturated heterocycles. The molecule has 4 aromatic rings. The molecule has 1 aliphatic heterocycles. The van der Waals surface area contributed by atoms with E-state index in [0.29, 0.717) is 11.1 Å². The van der Waals surface area contributed by atoms with Crippen LogP contribution in [0.4, 0.5) is 24.8 Å². The van der Waals surface area contributed by atoms with E-state index in [1.807, 2.05) is 6.92 Å². The molecule has 6 rings (SSSR count). The zero-order chi connectivity index (χ0) is 27.3. The highest BCUT2D eigenvalue weighted by molar-refractivity contribution is 6.31. The van der Waals surface area contributed by atoms with Gasteiger partial charge in [0.2, 0.25) is 5.95 Å². The fraction of sp³-hybridized carbons (Fsp3) is 0.308. The normalized spacial score (nSPS) is 16.3. The summed E-state index contributed by atoms with van der Waals surface area (Å²) < 4.78 is 43.3. The Kier molecular flexibility index (Phi) is 6.21. The van der Waals surface area contributed by atoms with Crippen molar-refractivity contribution in [2.75, 3.05) is 23.3 Å². The zero-order valence-corrected chi connectivity index (χ0v) is 21.4. The second-order valence-electron chi connectivity index (χ2n) is 9.93. The number of carbonyl (C=O) groups excluding carboxylic acids is 1. The number of hydrogen-bond acceptors (Lipinski definition) is 7. The van der Waals surface area contributed by atoms with Gasteiger partial charge in [0.1, 0.15) is 5.69 Å². The van der Waals surface area contributed by atoms with E-state index >= 15 is 0 Å². The molecule has 1 spiro atoms. The molecule has 200 valence electrons. The maximum atomic E-state index is 14.7. The van der Waals surface area contributed by atoms with Crippen molar-refractivity contribution in [2.45, 2.75) is 32.2 Å². The number of nitrogens with zero attached hydrogens (tertiary/aromatic N) is 7. The molecular formula is C26H22ClF3N8O. The highest BCUT2D eigenvalue weighted by atomic mass is 35.5. The van der Waals surface area contributed by atoms with E-state index in [0.717, 1.165) is 49.1 Å². The summed E-state index contributed by atoms with van der Waals surface area (Å²) in [6.45, 7) is 3.95. The zero-order valence-electron chi connectivity index (χ0n) is 20.7. The summed E-state index contributed by atoms with van der Waals surface area (Å²) in [7, 11) is 0. The Hall–Kier alpha value is -4.06. The molecule has 1 atom stereocenters. The van der Waals surface area contributed by atoms with Gasteiger partial charge in [-0.25, -0.2) is 28.1 Å². The van der Waals surface area contributed by atoms with Crippen LogP contribution in [0.2, 0.25) is 5.02 Å². The number of alkyl halides is 2. The monoisotopic (exact) mass is 554 g/mol. The predicted molar refractivity (Wildman–Crippen MR) is 137 cm³/mol. The Balaban J connectivity index is 1.15. The molecule has 0 radical (unpaired) electrons. The van der Waals surface area contributed by atoms with E-state index in [9.17, 15) is 18.0 Å². The van der Waals surface area contributed by atoms with Crippen LogP contribution in [0.3, 0.4) is 0 Å². The van der Waals surface area contributed by atoms with Crippen LogP contribution in [0.1, 0.15) is 53.8 Å². The smallest absolute Gasteiger partial charge is 0.275 e. The molecule has 1 aliphatic carbocycles. The van der Waals surface area contributed by atoms with Crippen molar-refractivity contribution in [3.05, 3.63) is 77.0 Å². The van der Waals surface area contributed by atoms with Crippen molar-refractivity contribution in [1.82, 2.24) is 29.7 Å². The third kappa shape index (κ3) is 4.80. The van der Waals surface area contributed by atoms with E-state index < -0.39 is 29.3 Å². The van der Waals surface area contributed by atoms with Gasteiger partial charge in [0, 0.05) is 53.8 Å². The lowest BCUT2D eigenvalue weighted by Gasteiger charge is -2.39. The average Bonchev–Trinajstić information content (AvgIpc) is 3.60. The van der Waals surface area contributed by atoms with Crippen molar-refractivity contribution in [3.8, 4) is 11.3 Å². The van der Waals surface area contributed by atoms with Gasteiger partial charge in [-0.3, -0.25) is 14.5 Å². The highest BCUT2D eigenvalue weighted by Gasteiger charge is 2.53. The first kappa shape index (κ1) is 25.2. The number of rotatable bonds is 7.